The summed E-state index contributed by atoms with van der Waals surface area (Å²) in [6, 6.07) is 12.2. The minimum atomic E-state index is -1.54. The molecule has 0 radical (unpaired) electrons. The Balaban J connectivity index is 1.78. The number of anilines is 1. The number of aromatic nitrogens is 2. The van der Waals surface area contributed by atoms with Gasteiger partial charge in [-0.1, -0.05) is 6.07 Å². The first-order valence-corrected chi connectivity index (χ1v) is 8.33. The topological polar surface area (TPSA) is 95.7 Å². The van der Waals surface area contributed by atoms with E-state index in [1.54, 1.807) is 24.3 Å². The fraction of sp³-hybridized carbons (Fsp3) is 0.0556. The third-order valence-corrected chi connectivity index (χ3v) is 4.31. The summed E-state index contributed by atoms with van der Waals surface area (Å²) in [6.45, 7) is 0. The van der Waals surface area contributed by atoms with Crippen molar-refractivity contribution in [2.45, 2.75) is 0 Å². The molecule has 1 unspecified atom stereocenters. The molecular formula is C18H11FN4O2S. The van der Waals surface area contributed by atoms with E-state index in [1.165, 1.54) is 47.2 Å². The van der Waals surface area contributed by atoms with Crippen LogP contribution in [0.3, 0.4) is 0 Å². The number of ketones is 1. The van der Waals surface area contributed by atoms with Crippen molar-refractivity contribution in [1.29, 1.82) is 5.26 Å². The summed E-state index contributed by atoms with van der Waals surface area (Å²) in [6.07, 6.45) is 1.48. The maximum atomic E-state index is 13.0. The molecule has 1 aromatic carbocycles. The number of hydrogen-bond acceptors (Lipinski definition) is 6. The molecule has 0 bridgehead atoms. The average molecular weight is 366 g/mol. The van der Waals surface area contributed by atoms with E-state index >= 15 is 0 Å². The van der Waals surface area contributed by atoms with Gasteiger partial charge in [-0.3, -0.25) is 9.59 Å². The van der Waals surface area contributed by atoms with Gasteiger partial charge in [-0.2, -0.15) is 5.26 Å². The molecule has 0 aliphatic rings. The van der Waals surface area contributed by atoms with Crippen LogP contribution in [-0.2, 0) is 4.79 Å². The second kappa shape index (κ2) is 7.63. The highest BCUT2D eigenvalue weighted by molar-refractivity contribution is 7.13. The number of halogens is 1. The number of nitriles is 1. The van der Waals surface area contributed by atoms with E-state index in [1.807, 2.05) is 0 Å². The van der Waals surface area contributed by atoms with Crippen LogP contribution in [0.2, 0.25) is 0 Å². The Bertz CT molecular complexity index is 980. The summed E-state index contributed by atoms with van der Waals surface area (Å²) in [5.41, 5.74) is 0.652. The predicted octanol–water partition coefficient (Wildman–Crippen LogP) is 3.31. The first-order valence-electron chi connectivity index (χ1n) is 7.45. The molecular weight excluding hydrogens is 355 g/mol. The zero-order valence-corrected chi connectivity index (χ0v) is 14.0. The van der Waals surface area contributed by atoms with E-state index < -0.39 is 17.6 Å². The Kier molecular flexibility index (Phi) is 5.10. The summed E-state index contributed by atoms with van der Waals surface area (Å²) < 4.78 is 13.0. The lowest BCUT2D eigenvalue weighted by molar-refractivity contribution is -0.117. The van der Waals surface area contributed by atoms with E-state index in [9.17, 15) is 19.2 Å². The SMILES string of the molecule is N#CC(C(=O)Nc1ccccn1)C(=O)c1csc(-c2ccc(F)cc2)n1. The van der Waals surface area contributed by atoms with Crippen molar-refractivity contribution < 1.29 is 14.0 Å². The van der Waals surface area contributed by atoms with Crippen LogP contribution in [0.5, 0.6) is 0 Å². The van der Waals surface area contributed by atoms with Crippen molar-refractivity contribution in [3.63, 3.8) is 0 Å². The van der Waals surface area contributed by atoms with E-state index in [2.05, 4.69) is 15.3 Å². The molecule has 2 heterocycles. The van der Waals surface area contributed by atoms with Crippen molar-refractivity contribution in [3.05, 3.63) is 65.6 Å². The minimum absolute atomic E-state index is 0.0112. The predicted molar refractivity (Wildman–Crippen MR) is 93.8 cm³/mol. The van der Waals surface area contributed by atoms with Gasteiger partial charge in [0.1, 0.15) is 22.3 Å². The Morgan fingerprint density at radius 1 is 1.19 bits per heavy atom. The lowest BCUT2D eigenvalue weighted by Gasteiger charge is -2.07. The van der Waals surface area contributed by atoms with Gasteiger partial charge in [0.05, 0.1) is 6.07 Å². The third kappa shape index (κ3) is 3.79. The molecule has 6 nitrogen and oxygen atoms in total. The molecule has 0 fully saturated rings. The fourth-order valence-corrected chi connectivity index (χ4v) is 2.95. The average Bonchev–Trinajstić information content (AvgIpc) is 3.14. The number of benzene rings is 1. The Hall–Kier alpha value is -3.44. The number of hydrogen-bond donors (Lipinski definition) is 1. The monoisotopic (exact) mass is 366 g/mol. The van der Waals surface area contributed by atoms with Crippen LogP contribution in [0.4, 0.5) is 10.2 Å². The summed E-state index contributed by atoms with van der Waals surface area (Å²) in [5, 5.41) is 13.6. The van der Waals surface area contributed by atoms with Gasteiger partial charge < -0.3 is 5.32 Å². The Morgan fingerprint density at radius 3 is 2.62 bits per heavy atom. The quantitative estimate of drug-likeness (QED) is 0.552. The number of thiazole rings is 1. The highest BCUT2D eigenvalue weighted by Gasteiger charge is 2.29. The number of amides is 1. The molecule has 1 atom stereocenters. The molecule has 0 spiro atoms. The van der Waals surface area contributed by atoms with Gasteiger partial charge in [0.25, 0.3) is 5.91 Å². The van der Waals surface area contributed by atoms with Crippen LogP contribution in [0, 0.1) is 23.1 Å². The van der Waals surface area contributed by atoms with Crippen LogP contribution in [-0.4, -0.2) is 21.7 Å². The van der Waals surface area contributed by atoms with Crippen LogP contribution in [0.15, 0.2) is 54.0 Å². The molecule has 26 heavy (non-hydrogen) atoms. The van der Waals surface area contributed by atoms with E-state index in [4.69, 9.17) is 0 Å². The van der Waals surface area contributed by atoms with Gasteiger partial charge in [-0.05, 0) is 36.4 Å². The number of nitrogens with one attached hydrogen (secondary N) is 1. The number of carbonyl (C=O) groups is 2. The highest BCUT2D eigenvalue weighted by atomic mass is 32.1. The third-order valence-electron chi connectivity index (χ3n) is 3.42. The first-order chi connectivity index (χ1) is 12.6. The zero-order valence-electron chi connectivity index (χ0n) is 13.2. The molecule has 0 saturated heterocycles. The summed E-state index contributed by atoms with van der Waals surface area (Å²) in [4.78, 5) is 32.8. The summed E-state index contributed by atoms with van der Waals surface area (Å²) in [7, 11) is 0. The second-order valence-electron chi connectivity index (χ2n) is 5.18. The van der Waals surface area contributed by atoms with Gasteiger partial charge in [0.15, 0.2) is 5.92 Å². The van der Waals surface area contributed by atoms with Crippen molar-refractivity contribution >= 4 is 28.8 Å². The van der Waals surface area contributed by atoms with Gasteiger partial charge in [0, 0.05) is 17.1 Å². The fourth-order valence-electron chi connectivity index (χ4n) is 2.13. The summed E-state index contributed by atoms with van der Waals surface area (Å²) in [5.74, 6) is -3.15. The normalized spacial score (nSPS) is 11.4. The maximum Gasteiger partial charge on any atom is 0.250 e. The second-order valence-corrected chi connectivity index (χ2v) is 6.03. The smallest absolute Gasteiger partial charge is 0.250 e. The number of carbonyl (C=O) groups excluding carboxylic acids is 2. The lowest BCUT2D eigenvalue weighted by Crippen LogP contribution is -2.29. The van der Waals surface area contributed by atoms with Crippen LogP contribution in [0.25, 0.3) is 10.6 Å². The maximum absolute atomic E-state index is 13.0. The van der Waals surface area contributed by atoms with E-state index in [-0.39, 0.29) is 17.3 Å². The van der Waals surface area contributed by atoms with Crippen LogP contribution < -0.4 is 5.32 Å². The van der Waals surface area contributed by atoms with Crippen molar-refractivity contribution in [3.8, 4) is 16.6 Å². The van der Waals surface area contributed by atoms with Crippen LogP contribution in [0.1, 0.15) is 10.5 Å². The molecule has 1 amide bonds. The Labute approximate surface area is 152 Å². The molecule has 128 valence electrons. The van der Waals surface area contributed by atoms with Crippen LogP contribution >= 0.6 is 11.3 Å². The molecule has 8 heteroatoms. The Morgan fingerprint density at radius 2 is 1.96 bits per heavy atom. The largest absolute Gasteiger partial charge is 0.309 e. The van der Waals surface area contributed by atoms with E-state index in [0.717, 1.165) is 0 Å². The number of Topliss-reactive ketones (excluding diaryl/α,β-unsaturated/α-hetero) is 1. The molecule has 2 aromatic heterocycles. The van der Waals surface area contributed by atoms with Crippen molar-refractivity contribution in [2.75, 3.05) is 5.32 Å². The molecule has 0 aliphatic heterocycles. The molecule has 0 aliphatic carbocycles. The first kappa shape index (κ1) is 17.4. The van der Waals surface area contributed by atoms with E-state index in [0.29, 0.717) is 10.6 Å². The molecule has 1 N–H and O–H groups in total. The minimum Gasteiger partial charge on any atom is -0.309 e. The molecule has 3 aromatic rings. The highest BCUT2D eigenvalue weighted by Crippen LogP contribution is 2.25. The standard InChI is InChI=1S/C18H11FN4O2S/c19-12-6-4-11(5-7-12)18-22-14(10-26-18)16(24)13(9-20)17(25)23-15-3-1-2-8-21-15/h1-8,10,13H,(H,21,23,25). The summed E-state index contributed by atoms with van der Waals surface area (Å²) >= 11 is 1.17. The van der Waals surface area contributed by atoms with Crippen molar-refractivity contribution in [1.82, 2.24) is 9.97 Å². The zero-order chi connectivity index (χ0) is 18.5. The van der Waals surface area contributed by atoms with Gasteiger partial charge in [0.2, 0.25) is 5.78 Å². The number of rotatable bonds is 5. The van der Waals surface area contributed by atoms with Gasteiger partial charge >= 0.3 is 0 Å². The van der Waals surface area contributed by atoms with Gasteiger partial charge in [-0.15, -0.1) is 11.3 Å². The lowest BCUT2D eigenvalue weighted by atomic mass is 10.0. The van der Waals surface area contributed by atoms with Crippen molar-refractivity contribution in [2.24, 2.45) is 5.92 Å². The van der Waals surface area contributed by atoms with Gasteiger partial charge in [-0.25, -0.2) is 14.4 Å². The molecule has 3 rings (SSSR count). The molecule has 0 saturated carbocycles. The number of pyridine rings is 1. The number of nitrogens with zero attached hydrogens (tertiary/aromatic N) is 3.